The summed E-state index contributed by atoms with van der Waals surface area (Å²) in [4.78, 5) is 13.8. The molecule has 3 N–H and O–H groups in total. The van der Waals surface area contributed by atoms with Gasteiger partial charge in [0.25, 0.3) is 0 Å². The molecule has 0 spiro atoms. The number of nitrogens with two attached hydrogens (primary N) is 1. The van der Waals surface area contributed by atoms with Crippen LogP contribution >= 0.6 is 0 Å². The van der Waals surface area contributed by atoms with Gasteiger partial charge in [-0.2, -0.15) is 0 Å². The lowest BCUT2D eigenvalue weighted by molar-refractivity contribution is -0.122. The van der Waals surface area contributed by atoms with Crippen molar-refractivity contribution in [2.45, 2.75) is 32.2 Å². The van der Waals surface area contributed by atoms with Gasteiger partial charge in [0, 0.05) is 25.6 Å². The molecule has 0 aliphatic carbocycles. The number of nitrogens with one attached hydrogen (secondary N) is 1. The first-order valence-corrected chi connectivity index (χ1v) is 5.78. The fourth-order valence-electron chi connectivity index (χ4n) is 2.05. The van der Waals surface area contributed by atoms with Gasteiger partial charge in [-0.05, 0) is 39.3 Å². The quantitative estimate of drug-likeness (QED) is 0.700. The summed E-state index contributed by atoms with van der Waals surface area (Å²) >= 11 is 0. The molecule has 4 heteroatoms. The van der Waals surface area contributed by atoms with Gasteiger partial charge in [-0.3, -0.25) is 4.79 Å². The molecule has 0 bridgehead atoms. The molecule has 0 saturated carbocycles. The number of rotatable bonds is 4. The van der Waals surface area contributed by atoms with Crippen LogP contribution < -0.4 is 11.1 Å². The number of carbonyl (C=O) groups excluding carboxylic acids is 1. The number of amides is 1. The molecular formula is C11H23N3O. The normalized spacial score (nSPS) is 24.9. The van der Waals surface area contributed by atoms with Crippen LogP contribution in [-0.2, 0) is 4.79 Å². The summed E-state index contributed by atoms with van der Waals surface area (Å²) in [6.07, 6.45) is 3.04. The van der Waals surface area contributed by atoms with E-state index < -0.39 is 0 Å². The van der Waals surface area contributed by atoms with Gasteiger partial charge in [-0.15, -0.1) is 0 Å². The van der Waals surface area contributed by atoms with E-state index in [9.17, 15) is 4.79 Å². The zero-order valence-corrected chi connectivity index (χ0v) is 9.83. The Balaban J connectivity index is 2.19. The first kappa shape index (κ1) is 12.5. The summed E-state index contributed by atoms with van der Waals surface area (Å²) in [6.45, 7) is 4.69. The molecule has 1 heterocycles. The topological polar surface area (TPSA) is 58.4 Å². The fraction of sp³-hybridized carbons (Fsp3) is 0.909. The molecule has 0 radical (unpaired) electrons. The van der Waals surface area contributed by atoms with Gasteiger partial charge in [0.1, 0.15) is 0 Å². The number of hydrogen-bond acceptors (Lipinski definition) is 3. The third-order valence-corrected chi connectivity index (χ3v) is 2.82. The molecule has 0 aromatic rings. The van der Waals surface area contributed by atoms with Crippen LogP contribution in [0.4, 0.5) is 0 Å². The van der Waals surface area contributed by atoms with Gasteiger partial charge in [-0.25, -0.2) is 0 Å². The third-order valence-electron chi connectivity index (χ3n) is 2.82. The predicted octanol–water partition coefficient (Wildman–Crippen LogP) is 0.182. The van der Waals surface area contributed by atoms with E-state index in [1.54, 1.807) is 0 Å². The largest absolute Gasteiger partial charge is 0.355 e. The van der Waals surface area contributed by atoms with Crippen LogP contribution in [-0.4, -0.2) is 43.5 Å². The molecule has 1 aliphatic rings. The highest BCUT2D eigenvalue weighted by molar-refractivity contribution is 5.76. The van der Waals surface area contributed by atoms with Crippen LogP contribution in [0.15, 0.2) is 0 Å². The number of piperidine rings is 1. The molecule has 1 amide bonds. The van der Waals surface area contributed by atoms with Crippen molar-refractivity contribution in [3.63, 3.8) is 0 Å². The summed E-state index contributed by atoms with van der Waals surface area (Å²) in [5.41, 5.74) is 5.57. The molecule has 15 heavy (non-hydrogen) atoms. The Bertz CT molecular complexity index is 206. The van der Waals surface area contributed by atoms with E-state index in [1.807, 2.05) is 6.92 Å². The Labute approximate surface area is 92.2 Å². The molecule has 0 aromatic heterocycles. The summed E-state index contributed by atoms with van der Waals surface area (Å²) in [5, 5.41) is 2.86. The Morgan fingerprint density at radius 3 is 3.00 bits per heavy atom. The Kier molecular flexibility index (Phi) is 5.05. The Hall–Kier alpha value is -0.610. The summed E-state index contributed by atoms with van der Waals surface area (Å²) in [5.74, 6) is 0.671. The summed E-state index contributed by atoms with van der Waals surface area (Å²) in [6, 6.07) is 0.0444. The number of hydrogen-bond donors (Lipinski definition) is 2. The van der Waals surface area contributed by atoms with E-state index in [-0.39, 0.29) is 11.9 Å². The third kappa shape index (κ3) is 5.14. The maximum atomic E-state index is 11.5. The van der Waals surface area contributed by atoms with E-state index >= 15 is 0 Å². The minimum Gasteiger partial charge on any atom is -0.355 e. The van der Waals surface area contributed by atoms with Crippen molar-refractivity contribution in [2.24, 2.45) is 11.7 Å². The van der Waals surface area contributed by atoms with E-state index in [0.717, 1.165) is 13.1 Å². The first-order valence-electron chi connectivity index (χ1n) is 5.78. The molecule has 1 rings (SSSR count). The highest BCUT2D eigenvalue weighted by Gasteiger charge is 2.19. The number of likely N-dealkylation sites (tertiary alicyclic amines) is 1. The van der Waals surface area contributed by atoms with Crippen molar-refractivity contribution in [2.75, 3.05) is 26.7 Å². The standard InChI is InChI=1S/C11H23N3O/c1-9(12)7-13-11(15)6-10-4-3-5-14(2)8-10/h9-10H,3-8,12H2,1-2H3,(H,13,15). The van der Waals surface area contributed by atoms with E-state index in [4.69, 9.17) is 5.73 Å². The molecule has 88 valence electrons. The minimum absolute atomic E-state index is 0.0444. The van der Waals surface area contributed by atoms with Crippen molar-refractivity contribution in [3.8, 4) is 0 Å². The maximum absolute atomic E-state index is 11.5. The summed E-state index contributed by atoms with van der Waals surface area (Å²) in [7, 11) is 2.12. The van der Waals surface area contributed by atoms with Crippen LogP contribution in [0.1, 0.15) is 26.2 Å². The van der Waals surface area contributed by atoms with Crippen LogP contribution in [0.2, 0.25) is 0 Å². The predicted molar refractivity (Wildman–Crippen MR) is 61.5 cm³/mol. The highest BCUT2D eigenvalue weighted by Crippen LogP contribution is 2.17. The van der Waals surface area contributed by atoms with Gasteiger partial charge in [0.05, 0.1) is 0 Å². The van der Waals surface area contributed by atoms with Crippen LogP contribution in [0.25, 0.3) is 0 Å². The minimum atomic E-state index is 0.0444. The van der Waals surface area contributed by atoms with Crippen molar-refractivity contribution < 1.29 is 4.79 Å². The van der Waals surface area contributed by atoms with Gasteiger partial charge < -0.3 is 16.0 Å². The Morgan fingerprint density at radius 1 is 1.67 bits per heavy atom. The molecule has 1 saturated heterocycles. The van der Waals surface area contributed by atoms with Crippen LogP contribution in [0, 0.1) is 5.92 Å². The molecular weight excluding hydrogens is 190 g/mol. The van der Waals surface area contributed by atoms with Crippen molar-refractivity contribution >= 4 is 5.91 Å². The van der Waals surface area contributed by atoms with Crippen molar-refractivity contribution in [1.29, 1.82) is 0 Å². The molecule has 2 unspecified atom stereocenters. The van der Waals surface area contributed by atoms with Crippen molar-refractivity contribution in [1.82, 2.24) is 10.2 Å². The molecule has 1 aliphatic heterocycles. The molecule has 0 aromatic carbocycles. The maximum Gasteiger partial charge on any atom is 0.220 e. The molecule has 2 atom stereocenters. The second kappa shape index (κ2) is 6.08. The second-order valence-electron chi connectivity index (χ2n) is 4.76. The fourth-order valence-corrected chi connectivity index (χ4v) is 2.05. The van der Waals surface area contributed by atoms with Gasteiger partial charge in [-0.1, -0.05) is 0 Å². The van der Waals surface area contributed by atoms with Gasteiger partial charge in [0.2, 0.25) is 5.91 Å². The number of nitrogens with zero attached hydrogens (tertiary/aromatic N) is 1. The second-order valence-corrected chi connectivity index (χ2v) is 4.76. The highest BCUT2D eigenvalue weighted by atomic mass is 16.1. The first-order chi connectivity index (χ1) is 7.08. The van der Waals surface area contributed by atoms with E-state index in [2.05, 4.69) is 17.3 Å². The monoisotopic (exact) mass is 213 g/mol. The lowest BCUT2D eigenvalue weighted by atomic mass is 9.95. The van der Waals surface area contributed by atoms with Gasteiger partial charge in [0.15, 0.2) is 0 Å². The summed E-state index contributed by atoms with van der Waals surface area (Å²) < 4.78 is 0. The zero-order valence-electron chi connectivity index (χ0n) is 9.83. The average Bonchev–Trinajstić information content (AvgIpc) is 2.15. The molecule has 1 fully saturated rings. The molecule has 4 nitrogen and oxygen atoms in total. The van der Waals surface area contributed by atoms with Crippen LogP contribution in [0.3, 0.4) is 0 Å². The van der Waals surface area contributed by atoms with Crippen molar-refractivity contribution in [3.05, 3.63) is 0 Å². The Morgan fingerprint density at radius 2 is 2.40 bits per heavy atom. The smallest absolute Gasteiger partial charge is 0.220 e. The lowest BCUT2D eigenvalue weighted by Gasteiger charge is -2.29. The van der Waals surface area contributed by atoms with Crippen LogP contribution in [0.5, 0.6) is 0 Å². The average molecular weight is 213 g/mol. The number of carbonyl (C=O) groups is 1. The lowest BCUT2D eigenvalue weighted by Crippen LogP contribution is -2.38. The van der Waals surface area contributed by atoms with E-state index in [0.29, 0.717) is 18.9 Å². The zero-order chi connectivity index (χ0) is 11.3. The van der Waals surface area contributed by atoms with E-state index in [1.165, 1.54) is 12.8 Å². The SMILES string of the molecule is CC(N)CNC(=O)CC1CCCN(C)C1. The van der Waals surface area contributed by atoms with Gasteiger partial charge >= 0.3 is 0 Å².